The third-order valence-corrected chi connectivity index (χ3v) is 4.12. The van der Waals surface area contributed by atoms with E-state index in [-0.39, 0.29) is 0 Å². The molecule has 102 valence electrons. The van der Waals surface area contributed by atoms with Crippen LogP contribution in [0.1, 0.15) is 76.0 Å². The first-order chi connectivity index (χ1) is 8.86. The van der Waals surface area contributed by atoms with Gasteiger partial charge in [0, 0.05) is 12.5 Å². The molecule has 1 aliphatic carbocycles. The summed E-state index contributed by atoms with van der Waals surface area (Å²) in [4.78, 5) is 0. The van der Waals surface area contributed by atoms with Gasteiger partial charge in [0.15, 0.2) is 0 Å². The van der Waals surface area contributed by atoms with E-state index in [0.717, 1.165) is 17.6 Å². The molecule has 0 atom stereocenters. The first kappa shape index (κ1) is 14.0. The first-order valence-electron chi connectivity index (χ1n) is 7.35. The molecule has 0 aromatic carbocycles. The Morgan fingerprint density at radius 1 is 1.06 bits per heavy atom. The Morgan fingerprint density at radius 3 is 2.39 bits per heavy atom. The molecule has 0 N–H and O–H groups in total. The molecular formula is C14H24BrN3. The lowest BCUT2D eigenvalue weighted by molar-refractivity contribution is 0.582. The molecule has 4 heteroatoms. The molecule has 1 aliphatic rings. The SMILES string of the molecule is CCCCCCCCc1nnc(CBr)n1C1CC1. The largest absolute Gasteiger partial charge is 0.311 e. The second-order valence-electron chi connectivity index (χ2n) is 5.29. The average molecular weight is 314 g/mol. The van der Waals surface area contributed by atoms with Gasteiger partial charge in [-0.1, -0.05) is 55.0 Å². The molecule has 3 nitrogen and oxygen atoms in total. The van der Waals surface area contributed by atoms with Gasteiger partial charge in [-0.15, -0.1) is 10.2 Å². The predicted molar refractivity (Wildman–Crippen MR) is 78.0 cm³/mol. The zero-order chi connectivity index (χ0) is 12.8. The second kappa shape index (κ2) is 7.27. The summed E-state index contributed by atoms with van der Waals surface area (Å²) >= 11 is 3.50. The second-order valence-corrected chi connectivity index (χ2v) is 5.85. The summed E-state index contributed by atoms with van der Waals surface area (Å²) < 4.78 is 2.38. The first-order valence-corrected chi connectivity index (χ1v) is 8.47. The van der Waals surface area contributed by atoms with E-state index in [1.165, 1.54) is 57.2 Å². The third kappa shape index (κ3) is 3.81. The topological polar surface area (TPSA) is 30.7 Å². The van der Waals surface area contributed by atoms with Crippen molar-refractivity contribution < 1.29 is 0 Å². The number of rotatable bonds is 9. The van der Waals surface area contributed by atoms with Crippen molar-refractivity contribution >= 4 is 15.9 Å². The lowest BCUT2D eigenvalue weighted by Gasteiger charge is -2.07. The standard InChI is InChI=1S/C14H24BrN3/c1-2-3-4-5-6-7-8-13-16-17-14(11-15)18(13)12-9-10-12/h12H,2-11H2,1H3. The zero-order valence-electron chi connectivity index (χ0n) is 11.4. The van der Waals surface area contributed by atoms with Crippen LogP contribution < -0.4 is 0 Å². The van der Waals surface area contributed by atoms with Crippen LogP contribution in [-0.2, 0) is 11.8 Å². The van der Waals surface area contributed by atoms with Gasteiger partial charge in [-0.2, -0.15) is 0 Å². The maximum Gasteiger partial charge on any atom is 0.143 e. The van der Waals surface area contributed by atoms with Gasteiger partial charge in [0.2, 0.25) is 0 Å². The molecule has 18 heavy (non-hydrogen) atoms. The molecule has 2 rings (SSSR count). The number of alkyl halides is 1. The highest BCUT2D eigenvalue weighted by molar-refractivity contribution is 9.08. The maximum absolute atomic E-state index is 4.37. The van der Waals surface area contributed by atoms with Crippen LogP contribution in [0.15, 0.2) is 0 Å². The Kier molecular flexibility index (Phi) is 5.67. The fraction of sp³-hybridized carbons (Fsp3) is 0.857. The molecule has 0 unspecified atom stereocenters. The number of nitrogens with zero attached hydrogens (tertiary/aromatic N) is 3. The Labute approximate surface area is 118 Å². The number of hydrogen-bond acceptors (Lipinski definition) is 2. The number of aryl methyl sites for hydroxylation is 1. The molecule has 1 saturated carbocycles. The number of halogens is 1. The molecule has 0 radical (unpaired) electrons. The van der Waals surface area contributed by atoms with Gasteiger partial charge in [-0.05, 0) is 19.3 Å². The van der Waals surface area contributed by atoms with Gasteiger partial charge < -0.3 is 4.57 Å². The minimum atomic E-state index is 0.697. The highest BCUT2D eigenvalue weighted by Crippen LogP contribution is 2.37. The minimum Gasteiger partial charge on any atom is -0.311 e. The van der Waals surface area contributed by atoms with Crippen LogP contribution in [0, 0.1) is 0 Å². The quantitative estimate of drug-likeness (QED) is 0.499. The Hall–Kier alpha value is -0.380. The molecule has 0 amide bonds. The summed E-state index contributed by atoms with van der Waals surface area (Å²) in [5.74, 6) is 2.32. The maximum atomic E-state index is 4.37. The molecule has 1 fully saturated rings. The van der Waals surface area contributed by atoms with E-state index in [2.05, 4.69) is 37.6 Å². The van der Waals surface area contributed by atoms with E-state index in [0.29, 0.717) is 6.04 Å². The van der Waals surface area contributed by atoms with E-state index in [1.54, 1.807) is 0 Å². The summed E-state index contributed by atoms with van der Waals surface area (Å²) in [6.07, 6.45) is 11.8. The summed E-state index contributed by atoms with van der Waals surface area (Å²) in [6.45, 7) is 2.26. The van der Waals surface area contributed by atoms with Crippen molar-refractivity contribution in [3.8, 4) is 0 Å². The van der Waals surface area contributed by atoms with Gasteiger partial charge in [-0.25, -0.2) is 0 Å². The summed E-state index contributed by atoms with van der Waals surface area (Å²) in [6, 6.07) is 0.697. The fourth-order valence-corrected chi connectivity index (χ4v) is 2.82. The van der Waals surface area contributed by atoms with Crippen molar-refractivity contribution in [3.63, 3.8) is 0 Å². The van der Waals surface area contributed by atoms with Crippen LogP contribution in [0.25, 0.3) is 0 Å². The van der Waals surface area contributed by atoms with Crippen molar-refractivity contribution in [2.45, 2.75) is 76.1 Å². The van der Waals surface area contributed by atoms with E-state index in [9.17, 15) is 0 Å². The normalized spacial score (nSPS) is 15.2. The lowest BCUT2D eigenvalue weighted by atomic mass is 10.1. The van der Waals surface area contributed by atoms with Crippen molar-refractivity contribution in [2.24, 2.45) is 0 Å². The zero-order valence-corrected chi connectivity index (χ0v) is 13.0. The van der Waals surface area contributed by atoms with E-state index in [1.807, 2.05) is 0 Å². The Morgan fingerprint density at radius 2 is 1.72 bits per heavy atom. The van der Waals surface area contributed by atoms with Gasteiger partial charge in [0.1, 0.15) is 11.6 Å². The molecule has 0 bridgehead atoms. The average Bonchev–Trinajstić information content (AvgIpc) is 3.14. The molecule has 0 saturated heterocycles. The summed E-state index contributed by atoms with van der Waals surface area (Å²) in [5, 5.41) is 9.48. The van der Waals surface area contributed by atoms with Crippen LogP contribution in [0.4, 0.5) is 0 Å². The van der Waals surface area contributed by atoms with Crippen LogP contribution in [0.3, 0.4) is 0 Å². The van der Waals surface area contributed by atoms with Crippen molar-refractivity contribution in [1.82, 2.24) is 14.8 Å². The highest BCUT2D eigenvalue weighted by atomic mass is 79.9. The van der Waals surface area contributed by atoms with Crippen LogP contribution in [0.5, 0.6) is 0 Å². The molecule has 0 spiro atoms. The minimum absolute atomic E-state index is 0.697. The monoisotopic (exact) mass is 313 g/mol. The van der Waals surface area contributed by atoms with E-state index >= 15 is 0 Å². The molecular weight excluding hydrogens is 290 g/mol. The number of aromatic nitrogens is 3. The van der Waals surface area contributed by atoms with Gasteiger partial charge in [-0.3, -0.25) is 0 Å². The smallest absolute Gasteiger partial charge is 0.143 e. The van der Waals surface area contributed by atoms with E-state index < -0.39 is 0 Å². The third-order valence-electron chi connectivity index (χ3n) is 3.62. The van der Waals surface area contributed by atoms with Crippen molar-refractivity contribution in [2.75, 3.05) is 0 Å². The van der Waals surface area contributed by atoms with Crippen LogP contribution in [-0.4, -0.2) is 14.8 Å². The summed E-state index contributed by atoms with van der Waals surface area (Å²) in [7, 11) is 0. The molecule has 0 aliphatic heterocycles. The van der Waals surface area contributed by atoms with Gasteiger partial charge in [0.25, 0.3) is 0 Å². The molecule has 1 heterocycles. The highest BCUT2D eigenvalue weighted by Gasteiger charge is 2.28. The number of hydrogen-bond donors (Lipinski definition) is 0. The molecule has 1 aromatic rings. The predicted octanol–water partition coefficient (Wildman–Crippen LogP) is 4.41. The van der Waals surface area contributed by atoms with Gasteiger partial charge in [0.05, 0.1) is 5.33 Å². The number of unbranched alkanes of at least 4 members (excludes halogenated alkanes) is 5. The summed E-state index contributed by atoms with van der Waals surface area (Å²) in [5.41, 5.74) is 0. The Bertz CT molecular complexity index is 358. The van der Waals surface area contributed by atoms with Crippen LogP contribution >= 0.6 is 15.9 Å². The fourth-order valence-electron chi connectivity index (χ4n) is 2.44. The Balaban J connectivity index is 1.76. The van der Waals surface area contributed by atoms with Crippen molar-refractivity contribution in [1.29, 1.82) is 0 Å². The van der Waals surface area contributed by atoms with Gasteiger partial charge >= 0.3 is 0 Å². The van der Waals surface area contributed by atoms with E-state index in [4.69, 9.17) is 0 Å². The lowest BCUT2D eigenvalue weighted by Crippen LogP contribution is -2.05. The molecule has 1 aromatic heterocycles. The van der Waals surface area contributed by atoms with Crippen LogP contribution in [0.2, 0.25) is 0 Å². The van der Waals surface area contributed by atoms with Crippen molar-refractivity contribution in [3.05, 3.63) is 11.6 Å².